The number of rotatable bonds is 6. The first-order valence-corrected chi connectivity index (χ1v) is 7.98. The van der Waals surface area contributed by atoms with Crippen LogP contribution in [0.3, 0.4) is 0 Å². The fraction of sp³-hybridized carbons (Fsp3) is 0.750. The third-order valence-corrected chi connectivity index (χ3v) is 3.82. The molecule has 20 heavy (non-hydrogen) atoms. The molecule has 0 aromatic carbocycles. The van der Waals surface area contributed by atoms with E-state index >= 15 is 0 Å². The molecule has 1 aliphatic rings. The number of hydrogen-bond acceptors (Lipinski definition) is 4. The summed E-state index contributed by atoms with van der Waals surface area (Å²) in [5.41, 5.74) is 1.09. The summed E-state index contributed by atoms with van der Waals surface area (Å²) in [5, 5.41) is 3.34. The van der Waals surface area contributed by atoms with Gasteiger partial charge in [-0.25, -0.2) is 9.97 Å². The van der Waals surface area contributed by atoms with Crippen LogP contribution in [-0.2, 0) is 11.2 Å². The highest BCUT2D eigenvalue weighted by Crippen LogP contribution is 2.19. The number of nitrogens with one attached hydrogen (secondary N) is 1. The summed E-state index contributed by atoms with van der Waals surface area (Å²) in [6.45, 7) is 5.62. The Balaban J connectivity index is 1.71. The molecule has 1 N–H and O–H groups in total. The summed E-state index contributed by atoms with van der Waals surface area (Å²) < 4.78 is 5.97. The van der Waals surface area contributed by atoms with Crippen molar-refractivity contribution < 1.29 is 4.74 Å². The lowest BCUT2D eigenvalue weighted by atomic mass is 10.1. The SMILES string of the molecule is CCc1cc(NCCOC2CCCCCC2)nc(C)n1. The van der Waals surface area contributed by atoms with Crippen molar-refractivity contribution in [1.82, 2.24) is 9.97 Å². The molecular weight excluding hydrogens is 250 g/mol. The van der Waals surface area contributed by atoms with Gasteiger partial charge in [-0.1, -0.05) is 32.6 Å². The topological polar surface area (TPSA) is 47.0 Å². The molecule has 0 bridgehead atoms. The number of hydrogen-bond donors (Lipinski definition) is 1. The molecule has 0 atom stereocenters. The van der Waals surface area contributed by atoms with Crippen molar-refractivity contribution in [3.63, 3.8) is 0 Å². The van der Waals surface area contributed by atoms with E-state index in [9.17, 15) is 0 Å². The Hall–Kier alpha value is -1.16. The van der Waals surface area contributed by atoms with E-state index in [0.717, 1.165) is 36.9 Å². The summed E-state index contributed by atoms with van der Waals surface area (Å²) in [5.74, 6) is 1.75. The molecule has 112 valence electrons. The van der Waals surface area contributed by atoms with Gasteiger partial charge in [0.05, 0.1) is 12.7 Å². The summed E-state index contributed by atoms with van der Waals surface area (Å²) in [6.07, 6.45) is 9.26. The zero-order valence-electron chi connectivity index (χ0n) is 12.8. The van der Waals surface area contributed by atoms with Crippen molar-refractivity contribution in [2.24, 2.45) is 0 Å². The second-order valence-corrected chi connectivity index (χ2v) is 5.56. The highest BCUT2D eigenvalue weighted by Gasteiger charge is 2.12. The molecule has 0 aliphatic heterocycles. The number of nitrogens with zero attached hydrogens (tertiary/aromatic N) is 2. The lowest BCUT2D eigenvalue weighted by molar-refractivity contribution is 0.0501. The van der Waals surface area contributed by atoms with Gasteiger partial charge in [-0.3, -0.25) is 0 Å². The average molecular weight is 277 g/mol. The first-order valence-electron chi connectivity index (χ1n) is 7.98. The molecule has 4 nitrogen and oxygen atoms in total. The molecule has 0 unspecified atom stereocenters. The summed E-state index contributed by atoms with van der Waals surface area (Å²) in [4.78, 5) is 8.79. The van der Waals surface area contributed by atoms with Crippen molar-refractivity contribution in [1.29, 1.82) is 0 Å². The lowest BCUT2D eigenvalue weighted by Gasteiger charge is -2.15. The van der Waals surface area contributed by atoms with Crippen LogP contribution in [0.15, 0.2) is 6.07 Å². The van der Waals surface area contributed by atoms with Gasteiger partial charge >= 0.3 is 0 Å². The molecule has 0 amide bonds. The standard InChI is InChI=1S/C16H27N3O/c1-3-14-12-16(19-13(2)18-14)17-10-11-20-15-8-6-4-5-7-9-15/h12,15H,3-11H2,1-2H3,(H,17,18,19). The van der Waals surface area contributed by atoms with Gasteiger partial charge < -0.3 is 10.1 Å². The first kappa shape index (κ1) is 15.2. The Morgan fingerprint density at radius 2 is 1.95 bits per heavy atom. The van der Waals surface area contributed by atoms with Crippen LogP contribution in [0.2, 0.25) is 0 Å². The largest absolute Gasteiger partial charge is 0.376 e. The van der Waals surface area contributed by atoms with Crippen LogP contribution >= 0.6 is 0 Å². The minimum atomic E-state index is 0.470. The van der Waals surface area contributed by atoms with Gasteiger partial charge in [0.2, 0.25) is 0 Å². The third-order valence-electron chi connectivity index (χ3n) is 3.82. The molecule has 4 heteroatoms. The minimum absolute atomic E-state index is 0.470. The highest BCUT2D eigenvalue weighted by atomic mass is 16.5. The predicted molar refractivity (Wildman–Crippen MR) is 82.1 cm³/mol. The maximum absolute atomic E-state index is 5.97. The van der Waals surface area contributed by atoms with E-state index in [2.05, 4.69) is 22.2 Å². The first-order chi connectivity index (χ1) is 9.78. The summed E-state index contributed by atoms with van der Waals surface area (Å²) in [6, 6.07) is 2.03. The van der Waals surface area contributed by atoms with Crippen molar-refractivity contribution in [2.45, 2.75) is 64.9 Å². The molecule has 2 rings (SSSR count). The van der Waals surface area contributed by atoms with Crippen molar-refractivity contribution >= 4 is 5.82 Å². The Morgan fingerprint density at radius 1 is 1.20 bits per heavy atom. The molecule has 1 heterocycles. The van der Waals surface area contributed by atoms with Crippen LogP contribution in [0.1, 0.15) is 57.0 Å². The van der Waals surface area contributed by atoms with Gasteiger partial charge in [0.15, 0.2) is 0 Å². The van der Waals surface area contributed by atoms with Crippen LogP contribution in [-0.4, -0.2) is 29.2 Å². The molecule has 1 aromatic heterocycles. The highest BCUT2D eigenvalue weighted by molar-refractivity contribution is 5.35. The van der Waals surface area contributed by atoms with Gasteiger partial charge in [0, 0.05) is 18.3 Å². The molecule has 1 aromatic rings. The maximum atomic E-state index is 5.97. The summed E-state index contributed by atoms with van der Waals surface area (Å²) >= 11 is 0. The quantitative estimate of drug-likeness (QED) is 0.638. The molecule has 0 saturated heterocycles. The summed E-state index contributed by atoms with van der Waals surface area (Å²) in [7, 11) is 0. The molecule has 1 saturated carbocycles. The Kier molecular flexibility index (Phi) is 6.25. The Bertz CT molecular complexity index is 401. The van der Waals surface area contributed by atoms with E-state index in [1.165, 1.54) is 38.5 Å². The number of aromatic nitrogens is 2. The molecule has 1 fully saturated rings. The maximum Gasteiger partial charge on any atom is 0.130 e. The molecule has 1 aliphatic carbocycles. The lowest BCUT2D eigenvalue weighted by Crippen LogP contribution is -2.18. The van der Waals surface area contributed by atoms with Crippen LogP contribution < -0.4 is 5.32 Å². The van der Waals surface area contributed by atoms with E-state index in [1.807, 2.05) is 13.0 Å². The van der Waals surface area contributed by atoms with E-state index < -0.39 is 0 Å². The van der Waals surface area contributed by atoms with Gasteiger partial charge in [-0.2, -0.15) is 0 Å². The van der Waals surface area contributed by atoms with Gasteiger partial charge in [0.25, 0.3) is 0 Å². The smallest absolute Gasteiger partial charge is 0.130 e. The zero-order valence-corrected chi connectivity index (χ0v) is 12.8. The number of aryl methyl sites for hydroxylation is 2. The normalized spacial score (nSPS) is 16.9. The van der Waals surface area contributed by atoms with Crippen molar-refractivity contribution in [2.75, 3.05) is 18.5 Å². The second-order valence-electron chi connectivity index (χ2n) is 5.56. The Labute approximate surface area is 122 Å². The van der Waals surface area contributed by atoms with Crippen LogP contribution in [0.5, 0.6) is 0 Å². The van der Waals surface area contributed by atoms with E-state index in [-0.39, 0.29) is 0 Å². The van der Waals surface area contributed by atoms with Gasteiger partial charge in [0.1, 0.15) is 11.6 Å². The van der Waals surface area contributed by atoms with E-state index in [0.29, 0.717) is 6.10 Å². The van der Waals surface area contributed by atoms with Crippen LogP contribution in [0.25, 0.3) is 0 Å². The second kappa shape index (κ2) is 8.20. The fourth-order valence-corrected chi connectivity index (χ4v) is 2.71. The van der Waals surface area contributed by atoms with Crippen molar-refractivity contribution in [3.05, 3.63) is 17.6 Å². The average Bonchev–Trinajstić information content (AvgIpc) is 2.71. The molecular formula is C16H27N3O. The van der Waals surface area contributed by atoms with E-state index in [4.69, 9.17) is 4.74 Å². The molecule has 0 radical (unpaired) electrons. The minimum Gasteiger partial charge on any atom is -0.376 e. The van der Waals surface area contributed by atoms with Crippen molar-refractivity contribution in [3.8, 4) is 0 Å². The van der Waals surface area contributed by atoms with Crippen LogP contribution in [0, 0.1) is 6.92 Å². The zero-order chi connectivity index (χ0) is 14.2. The number of ether oxygens (including phenoxy) is 1. The number of anilines is 1. The van der Waals surface area contributed by atoms with E-state index in [1.54, 1.807) is 0 Å². The van der Waals surface area contributed by atoms with Crippen LogP contribution in [0.4, 0.5) is 5.82 Å². The fourth-order valence-electron chi connectivity index (χ4n) is 2.71. The monoisotopic (exact) mass is 277 g/mol. The molecule has 0 spiro atoms. The Morgan fingerprint density at radius 3 is 2.65 bits per heavy atom. The van der Waals surface area contributed by atoms with Gasteiger partial charge in [-0.15, -0.1) is 0 Å². The predicted octanol–water partition coefficient (Wildman–Crippen LogP) is 3.50. The third kappa shape index (κ3) is 5.08. The van der Waals surface area contributed by atoms with Gasteiger partial charge in [-0.05, 0) is 26.2 Å².